The van der Waals surface area contributed by atoms with Gasteiger partial charge in [-0.15, -0.1) is 0 Å². The lowest BCUT2D eigenvalue weighted by Crippen LogP contribution is -2.34. The van der Waals surface area contributed by atoms with E-state index in [1.807, 2.05) is 10.3 Å². The maximum absolute atomic E-state index is 12.4. The molecule has 2 amide bonds. The van der Waals surface area contributed by atoms with E-state index < -0.39 is 0 Å². The van der Waals surface area contributed by atoms with E-state index in [0.717, 1.165) is 19.4 Å². The van der Waals surface area contributed by atoms with E-state index in [0.29, 0.717) is 13.0 Å². The Balaban J connectivity index is 1.50. The zero-order chi connectivity index (χ0) is 15.4. The van der Waals surface area contributed by atoms with Crippen molar-refractivity contribution in [3.8, 4) is 0 Å². The second-order valence-corrected chi connectivity index (χ2v) is 6.07. The molecular formula is C16H18N2O3S. The SMILES string of the molecule is O=C(NCCC(=O)N1CCCC1c1ccsc1)c1ccco1. The Hall–Kier alpha value is -2.08. The number of hydrogen-bond acceptors (Lipinski definition) is 4. The van der Waals surface area contributed by atoms with Crippen LogP contribution in [0.15, 0.2) is 39.6 Å². The smallest absolute Gasteiger partial charge is 0.286 e. The van der Waals surface area contributed by atoms with Crippen LogP contribution in [0.2, 0.25) is 0 Å². The monoisotopic (exact) mass is 318 g/mol. The number of nitrogens with zero attached hydrogens (tertiary/aromatic N) is 1. The molecule has 0 spiro atoms. The Bertz CT molecular complexity index is 622. The van der Waals surface area contributed by atoms with Crippen LogP contribution in [0.3, 0.4) is 0 Å². The Labute approximate surface area is 132 Å². The Morgan fingerprint density at radius 3 is 3.05 bits per heavy atom. The Morgan fingerprint density at radius 2 is 2.32 bits per heavy atom. The topological polar surface area (TPSA) is 62.6 Å². The number of furan rings is 1. The van der Waals surface area contributed by atoms with Crippen LogP contribution in [0.1, 0.15) is 41.4 Å². The van der Waals surface area contributed by atoms with Crippen molar-refractivity contribution in [3.63, 3.8) is 0 Å². The van der Waals surface area contributed by atoms with Crippen LogP contribution in [0.5, 0.6) is 0 Å². The number of hydrogen-bond donors (Lipinski definition) is 1. The van der Waals surface area contributed by atoms with Crippen LogP contribution < -0.4 is 5.32 Å². The number of nitrogens with one attached hydrogen (secondary N) is 1. The fourth-order valence-electron chi connectivity index (χ4n) is 2.80. The summed E-state index contributed by atoms with van der Waals surface area (Å²) in [4.78, 5) is 26.0. The van der Waals surface area contributed by atoms with Crippen molar-refractivity contribution in [2.45, 2.75) is 25.3 Å². The van der Waals surface area contributed by atoms with Gasteiger partial charge in [0.2, 0.25) is 5.91 Å². The third-order valence-corrected chi connectivity index (χ3v) is 4.57. The second kappa shape index (κ2) is 6.79. The molecule has 0 radical (unpaired) electrons. The predicted octanol–water partition coefficient (Wildman–Crippen LogP) is 2.82. The van der Waals surface area contributed by atoms with Crippen LogP contribution in [0.25, 0.3) is 0 Å². The molecule has 3 rings (SSSR count). The summed E-state index contributed by atoms with van der Waals surface area (Å²) < 4.78 is 5.01. The van der Waals surface area contributed by atoms with E-state index in [-0.39, 0.29) is 23.6 Å². The highest BCUT2D eigenvalue weighted by Crippen LogP contribution is 2.33. The number of amides is 2. The molecule has 0 aromatic carbocycles. The van der Waals surface area contributed by atoms with Gasteiger partial charge in [0, 0.05) is 19.5 Å². The summed E-state index contributed by atoms with van der Waals surface area (Å²) in [5.74, 6) is 0.0758. The summed E-state index contributed by atoms with van der Waals surface area (Å²) in [5.41, 5.74) is 1.22. The molecule has 1 saturated heterocycles. The van der Waals surface area contributed by atoms with Gasteiger partial charge in [0.1, 0.15) is 0 Å². The largest absolute Gasteiger partial charge is 0.459 e. The van der Waals surface area contributed by atoms with Crippen molar-refractivity contribution in [1.82, 2.24) is 10.2 Å². The molecule has 2 aromatic rings. The highest BCUT2D eigenvalue weighted by atomic mass is 32.1. The molecule has 22 heavy (non-hydrogen) atoms. The van der Waals surface area contributed by atoms with Gasteiger partial charge in [-0.25, -0.2) is 0 Å². The molecule has 0 saturated carbocycles. The van der Waals surface area contributed by atoms with Crippen LogP contribution in [0.4, 0.5) is 0 Å². The van der Waals surface area contributed by atoms with Crippen molar-refractivity contribution in [2.24, 2.45) is 0 Å². The normalized spacial score (nSPS) is 17.6. The lowest BCUT2D eigenvalue weighted by molar-refractivity contribution is -0.132. The summed E-state index contributed by atoms with van der Waals surface area (Å²) in [6.45, 7) is 1.12. The molecule has 116 valence electrons. The predicted molar refractivity (Wildman–Crippen MR) is 83.7 cm³/mol. The molecule has 6 heteroatoms. The van der Waals surface area contributed by atoms with E-state index in [1.54, 1.807) is 23.5 Å². The van der Waals surface area contributed by atoms with E-state index in [2.05, 4.69) is 16.8 Å². The molecule has 3 heterocycles. The van der Waals surface area contributed by atoms with Crippen molar-refractivity contribution < 1.29 is 14.0 Å². The van der Waals surface area contributed by atoms with Gasteiger partial charge in [-0.1, -0.05) is 0 Å². The molecule has 1 aliphatic heterocycles. The van der Waals surface area contributed by atoms with E-state index in [1.165, 1.54) is 11.8 Å². The molecule has 1 N–H and O–H groups in total. The zero-order valence-corrected chi connectivity index (χ0v) is 13.0. The lowest BCUT2D eigenvalue weighted by Gasteiger charge is -2.24. The van der Waals surface area contributed by atoms with E-state index in [9.17, 15) is 9.59 Å². The third-order valence-electron chi connectivity index (χ3n) is 3.87. The number of rotatable bonds is 5. The molecule has 0 bridgehead atoms. The van der Waals surface area contributed by atoms with Gasteiger partial charge in [0.15, 0.2) is 5.76 Å². The van der Waals surface area contributed by atoms with Crippen LogP contribution in [0, 0.1) is 0 Å². The number of carbonyl (C=O) groups excluding carboxylic acids is 2. The molecule has 2 aromatic heterocycles. The summed E-state index contributed by atoms with van der Waals surface area (Å²) in [5, 5.41) is 6.86. The first kappa shape index (κ1) is 14.8. The van der Waals surface area contributed by atoms with Crippen molar-refractivity contribution in [3.05, 3.63) is 46.5 Å². The van der Waals surface area contributed by atoms with Gasteiger partial charge < -0.3 is 14.6 Å². The lowest BCUT2D eigenvalue weighted by atomic mass is 10.1. The first-order valence-electron chi connectivity index (χ1n) is 7.39. The van der Waals surface area contributed by atoms with E-state index in [4.69, 9.17) is 4.42 Å². The molecule has 1 atom stereocenters. The van der Waals surface area contributed by atoms with Crippen LogP contribution in [-0.4, -0.2) is 29.8 Å². The third kappa shape index (κ3) is 3.22. The Kier molecular flexibility index (Phi) is 4.58. The highest BCUT2D eigenvalue weighted by molar-refractivity contribution is 7.07. The second-order valence-electron chi connectivity index (χ2n) is 5.29. The quantitative estimate of drug-likeness (QED) is 0.922. The summed E-state index contributed by atoms with van der Waals surface area (Å²) in [6, 6.07) is 5.54. The molecule has 1 aliphatic rings. The van der Waals surface area contributed by atoms with Crippen molar-refractivity contribution in [2.75, 3.05) is 13.1 Å². The van der Waals surface area contributed by atoms with Gasteiger partial charge in [-0.3, -0.25) is 9.59 Å². The summed E-state index contributed by atoms with van der Waals surface area (Å²) in [6.07, 6.45) is 3.81. The average molecular weight is 318 g/mol. The maximum Gasteiger partial charge on any atom is 0.286 e. The molecule has 1 unspecified atom stereocenters. The minimum Gasteiger partial charge on any atom is -0.459 e. The van der Waals surface area contributed by atoms with Crippen LogP contribution in [-0.2, 0) is 4.79 Å². The summed E-state index contributed by atoms with van der Waals surface area (Å²) >= 11 is 1.66. The first-order valence-corrected chi connectivity index (χ1v) is 8.33. The van der Waals surface area contributed by atoms with Crippen molar-refractivity contribution in [1.29, 1.82) is 0 Å². The van der Waals surface area contributed by atoms with E-state index >= 15 is 0 Å². The van der Waals surface area contributed by atoms with Gasteiger partial charge in [-0.05, 0) is 47.4 Å². The van der Waals surface area contributed by atoms with Gasteiger partial charge >= 0.3 is 0 Å². The molecule has 0 aliphatic carbocycles. The van der Waals surface area contributed by atoms with Gasteiger partial charge in [-0.2, -0.15) is 11.3 Å². The van der Waals surface area contributed by atoms with Gasteiger partial charge in [0.05, 0.1) is 12.3 Å². The molecule has 1 fully saturated rings. The highest BCUT2D eigenvalue weighted by Gasteiger charge is 2.29. The van der Waals surface area contributed by atoms with Crippen molar-refractivity contribution >= 4 is 23.2 Å². The number of carbonyl (C=O) groups is 2. The average Bonchev–Trinajstić information content (AvgIpc) is 3.26. The van der Waals surface area contributed by atoms with Gasteiger partial charge in [0.25, 0.3) is 5.91 Å². The maximum atomic E-state index is 12.4. The standard InChI is InChI=1S/C16H18N2O3S/c19-15(5-7-17-16(20)14-4-2-9-21-14)18-8-1-3-13(18)12-6-10-22-11-12/h2,4,6,9-11,13H,1,3,5,7-8H2,(H,17,20). The fourth-order valence-corrected chi connectivity index (χ4v) is 3.50. The molecule has 5 nitrogen and oxygen atoms in total. The van der Waals surface area contributed by atoms with Crippen LogP contribution >= 0.6 is 11.3 Å². The number of likely N-dealkylation sites (tertiary alicyclic amines) is 1. The zero-order valence-electron chi connectivity index (χ0n) is 12.2. The number of thiophene rings is 1. The minimum absolute atomic E-state index is 0.0912. The summed E-state index contributed by atoms with van der Waals surface area (Å²) in [7, 11) is 0. The Morgan fingerprint density at radius 1 is 1.41 bits per heavy atom. The molecular weight excluding hydrogens is 300 g/mol. The fraction of sp³-hybridized carbons (Fsp3) is 0.375. The first-order chi connectivity index (χ1) is 10.8. The minimum atomic E-state index is -0.284.